The molecule has 0 aromatic carbocycles. The van der Waals surface area contributed by atoms with Crippen molar-refractivity contribution in [1.29, 1.82) is 0 Å². The maximum Gasteiger partial charge on any atom is 0.414 e. The first-order valence-corrected chi connectivity index (χ1v) is 8.04. The van der Waals surface area contributed by atoms with E-state index in [1.54, 1.807) is 18.7 Å². The Morgan fingerprint density at radius 1 is 1.12 bits per heavy atom. The molecule has 0 saturated carbocycles. The van der Waals surface area contributed by atoms with Gasteiger partial charge in [-0.2, -0.15) is 0 Å². The number of nitrogens with zero attached hydrogens (tertiary/aromatic N) is 4. The van der Waals surface area contributed by atoms with Crippen molar-refractivity contribution in [3.8, 4) is 0 Å². The summed E-state index contributed by atoms with van der Waals surface area (Å²) in [6, 6.07) is 0.0225. The zero-order valence-electron chi connectivity index (χ0n) is 13.8. The third-order valence-electron chi connectivity index (χ3n) is 4.04. The Hall–Kier alpha value is -2.46. The van der Waals surface area contributed by atoms with Gasteiger partial charge in [0, 0.05) is 51.7 Å². The molecule has 1 unspecified atom stereocenters. The number of piperazine rings is 1. The fourth-order valence-corrected chi connectivity index (χ4v) is 2.73. The number of aromatic nitrogens is 2. The lowest BCUT2D eigenvalue weighted by Crippen LogP contribution is -2.51. The number of carbonyl (C=O) groups excluding carboxylic acids is 1. The number of aliphatic carboxylic acids is 2. The Morgan fingerprint density at radius 2 is 1.80 bits per heavy atom. The molecule has 1 aromatic heterocycles. The second-order valence-corrected chi connectivity index (χ2v) is 5.79. The highest BCUT2D eigenvalue weighted by Gasteiger charge is 2.25. The maximum absolute atomic E-state index is 12.1. The molecule has 0 spiro atoms. The van der Waals surface area contributed by atoms with Crippen LogP contribution < -0.4 is 0 Å². The van der Waals surface area contributed by atoms with Gasteiger partial charge in [-0.05, 0) is 12.8 Å². The van der Waals surface area contributed by atoms with Gasteiger partial charge in [0.1, 0.15) is 6.33 Å². The van der Waals surface area contributed by atoms with E-state index in [-0.39, 0.29) is 6.03 Å². The summed E-state index contributed by atoms with van der Waals surface area (Å²) >= 11 is 0. The number of hydrogen-bond acceptors (Lipinski definition) is 6. The molecule has 2 aliphatic heterocycles. The van der Waals surface area contributed by atoms with Crippen molar-refractivity contribution in [2.24, 2.45) is 0 Å². The summed E-state index contributed by atoms with van der Waals surface area (Å²) in [6.07, 6.45) is 7.64. The van der Waals surface area contributed by atoms with Gasteiger partial charge in [0.25, 0.3) is 0 Å². The summed E-state index contributed by atoms with van der Waals surface area (Å²) in [5.74, 6) is -3.65. The number of ether oxygens (including phenoxy) is 1. The van der Waals surface area contributed by atoms with E-state index in [4.69, 9.17) is 24.5 Å². The third-order valence-corrected chi connectivity index (χ3v) is 4.04. The smallest absolute Gasteiger partial charge is 0.414 e. The van der Waals surface area contributed by atoms with Crippen LogP contribution in [-0.2, 0) is 14.3 Å². The van der Waals surface area contributed by atoms with Crippen LogP contribution in [0, 0.1) is 0 Å². The van der Waals surface area contributed by atoms with Gasteiger partial charge in [-0.25, -0.2) is 19.4 Å². The molecule has 2 saturated heterocycles. The van der Waals surface area contributed by atoms with Crippen LogP contribution in [0.4, 0.5) is 4.79 Å². The quantitative estimate of drug-likeness (QED) is 0.700. The highest BCUT2D eigenvalue weighted by molar-refractivity contribution is 6.27. The SMILES string of the molecule is O=C(N1CCN(CC2CCCO2)CC1)n1ccnc1.O=C(O)C(=O)O. The lowest BCUT2D eigenvalue weighted by Gasteiger charge is -2.35. The summed E-state index contributed by atoms with van der Waals surface area (Å²) in [5, 5.41) is 14.8. The highest BCUT2D eigenvalue weighted by Crippen LogP contribution is 2.14. The predicted molar refractivity (Wildman–Crippen MR) is 85.3 cm³/mol. The second kappa shape index (κ2) is 9.14. The van der Waals surface area contributed by atoms with E-state index in [9.17, 15) is 4.79 Å². The Kier molecular flexibility index (Phi) is 6.90. The van der Waals surface area contributed by atoms with Gasteiger partial charge in [0.05, 0.1) is 6.10 Å². The number of amides is 1. The van der Waals surface area contributed by atoms with Crippen LogP contribution in [0.3, 0.4) is 0 Å². The number of imidazole rings is 1. The molecule has 10 heteroatoms. The molecule has 138 valence electrons. The molecule has 3 rings (SSSR count). The van der Waals surface area contributed by atoms with Crippen molar-refractivity contribution in [1.82, 2.24) is 19.4 Å². The van der Waals surface area contributed by atoms with E-state index in [0.29, 0.717) is 6.10 Å². The molecule has 1 amide bonds. The van der Waals surface area contributed by atoms with E-state index in [2.05, 4.69) is 9.88 Å². The van der Waals surface area contributed by atoms with E-state index >= 15 is 0 Å². The van der Waals surface area contributed by atoms with Gasteiger partial charge in [-0.3, -0.25) is 9.47 Å². The monoisotopic (exact) mass is 354 g/mol. The molecule has 2 fully saturated rings. The van der Waals surface area contributed by atoms with Crippen LogP contribution in [0.25, 0.3) is 0 Å². The topological polar surface area (TPSA) is 125 Å². The molecule has 25 heavy (non-hydrogen) atoms. The van der Waals surface area contributed by atoms with E-state index in [0.717, 1.165) is 39.3 Å². The first-order chi connectivity index (χ1) is 12.0. The third kappa shape index (κ3) is 5.84. The molecule has 2 N–H and O–H groups in total. The van der Waals surface area contributed by atoms with E-state index in [1.165, 1.54) is 17.4 Å². The van der Waals surface area contributed by atoms with Crippen LogP contribution in [0.2, 0.25) is 0 Å². The minimum absolute atomic E-state index is 0.0225. The van der Waals surface area contributed by atoms with Crippen molar-refractivity contribution in [2.75, 3.05) is 39.3 Å². The minimum atomic E-state index is -1.82. The summed E-state index contributed by atoms with van der Waals surface area (Å²) in [5.41, 5.74) is 0. The van der Waals surface area contributed by atoms with Gasteiger partial charge >= 0.3 is 18.0 Å². The fourth-order valence-electron chi connectivity index (χ4n) is 2.73. The van der Waals surface area contributed by atoms with Gasteiger partial charge in [0.2, 0.25) is 0 Å². The molecular weight excluding hydrogens is 332 g/mol. The summed E-state index contributed by atoms with van der Waals surface area (Å²) in [4.78, 5) is 38.5. The van der Waals surface area contributed by atoms with E-state index in [1.807, 2.05) is 4.90 Å². The van der Waals surface area contributed by atoms with Crippen molar-refractivity contribution in [3.05, 3.63) is 18.7 Å². The minimum Gasteiger partial charge on any atom is -0.473 e. The molecule has 1 atom stereocenters. The Labute approximate surface area is 144 Å². The zero-order chi connectivity index (χ0) is 18.2. The average Bonchev–Trinajstić information content (AvgIpc) is 3.29. The average molecular weight is 354 g/mol. The number of hydrogen-bond donors (Lipinski definition) is 2. The molecule has 1 aromatic rings. The van der Waals surface area contributed by atoms with Gasteiger partial charge < -0.3 is 19.8 Å². The van der Waals surface area contributed by atoms with Crippen molar-refractivity contribution >= 4 is 18.0 Å². The highest BCUT2D eigenvalue weighted by atomic mass is 16.5. The molecule has 2 aliphatic rings. The van der Waals surface area contributed by atoms with Crippen molar-refractivity contribution in [3.63, 3.8) is 0 Å². The lowest BCUT2D eigenvalue weighted by atomic mass is 10.2. The van der Waals surface area contributed by atoms with Gasteiger partial charge in [0.15, 0.2) is 0 Å². The van der Waals surface area contributed by atoms with Gasteiger partial charge in [-0.1, -0.05) is 0 Å². The molecule has 0 aliphatic carbocycles. The molecular formula is C15H22N4O6. The number of carbonyl (C=O) groups is 3. The number of carboxylic acids is 2. The summed E-state index contributed by atoms with van der Waals surface area (Å²) in [6.45, 7) is 5.34. The largest absolute Gasteiger partial charge is 0.473 e. The standard InChI is InChI=1S/C13H20N4O2.C2H2O4/c18-13(17-4-3-14-11-17)16-7-5-15(6-8-16)10-12-2-1-9-19-12;3-1(4)2(5)6/h3-4,11-12H,1-2,5-10H2;(H,3,4)(H,5,6). The number of rotatable bonds is 2. The Balaban J connectivity index is 0.000000326. The molecule has 0 bridgehead atoms. The maximum atomic E-state index is 12.1. The molecule has 0 radical (unpaired) electrons. The van der Waals surface area contributed by atoms with Crippen molar-refractivity contribution in [2.45, 2.75) is 18.9 Å². The van der Waals surface area contributed by atoms with Crippen LogP contribution >= 0.6 is 0 Å². The lowest BCUT2D eigenvalue weighted by molar-refractivity contribution is -0.159. The van der Waals surface area contributed by atoms with Crippen LogP contribution in [0.5, 0.6) is 0 Å². The summed E-state index contributed by atoms with van der Waals surface area (Å²) < 4.78 is 7.19. The Morgan fingerprint density at radius 3 is 2.28 bits per heavy atom. The van der Waals surface area contributed by atoms with Crippen LogP contribution in [-0.4, -0.2) is 93.0 Å². The molecule has 3 heterocycles. The zero-order valence-corrected chi connectivity index (χ0v) is 13.8. The number of carboxylic acid groups (broad SMARTS) is 2. The summed E-state index contributed by atoms with van der Waals surface area (Å²) in [7, 11) is 0. The van der Waals surface area contributed by atoms with Crippen LogP contribution in [0.1, 0.15) is 12.8 Å². The second-order valence-electron chi connectivity index (χ2n) is 5.79. The first-order valence-electron chi connectivity index (χ1n) is 8.04. The molecule has 10 nitrogen and oxygen atoms in total. The van der Waals surface area contributed by atoms with Crippen LogP contribution in [0.15, 0.2) is 18.7 Å². The fraction of sp³-hybridized carbons (Fsp3) is 0.600. The normalized spacial score (nSPS) is 20.6. The first kappa shape index (κ1) is 18.9. The predicted octanol–water partition coefficient (Wildman–Crippen LogP) is -0.197. The Bertz CT molecular complexity index is 565. The van der Waals surface area contributed by atoms with E-state index < -0.39 is 11.9 Å². The van der Waals surface area contributed by atoms with Gasteiger partial charge in [-0.15, -0.1) is 0 Å². The van der Waals surface area contributed by atoms with Crippen molar-refractivity contribution < 1.29 is 29.3 Å².